The molecule has 0 N–H and O–H groups in total. The monoisotopic (exact) mass is 229 g/mol. The first-order valence-electron chi connectivity index (χ1n) is 5.50. The van der Waals surface area contributed by atoms with Crippen LogP contribution in [0.2, 0.25) is 0 Å². The topological polar surface area (TPSA) is 39.2 Å². The van der Waals surface area contributed by atoms with E-state index in [9.17, 15) is 4.79 Å². The number of fused-ring (bicyclic) bond motifs is 1. The van der Waals surface area contributed by atoms with Crippen LogP contribution in [-0.2, 0) is 14.9 Å². The summed E-state index contributed by atoms with van der Waals surface area (Å²) in [5, 5.41) is 2.07. The van der Waals surface area contributed by atoms with E-state index in [1.54, 1.807) is 6.20 Å². The van der Waals surface area contributed by atoms with Crippen LogP contribution in [0.1, 0.15) is 19.5 Å². The van der Waals surface area contributed by atoms with E-state index in [1.807, 2.05) is 44.2 Å². The third-order valence-electron chi connectivity index (χ3n) is 2.96. The van der Waals surface area contributed by atoms with Gasteiger partial charge in [0.2, 0.25) is 0 Å². The second-order valence-corrected chi connectivity index (χ2v) is 4.50. The molecule has 0 saturated carbocycles. The Hall–Kier alpha value is -1.90. The zero-order valence-corrected chi connectivity index (χ0v) is 10.2. The third-order valence-corrected chi connectivity index (χ3v) is 2.96. The molecule has 3 heteroatoms. The lowest BCUT2D eigenvalue weighted by Gasteiger charge is -2.22. The number of esters is 1. The molecule has 0 radical (unpaired) electrons. The lowest BCUT2D eigenvalue weighted by Crippen LogP contribution is -2.31. The highest BCUT2D eigenvalue weighted by Gasteiger charge is 2.33. The van der Waals surface area contributed by atoms with Gasteiger partial charge in [-0.15, -0.1) is 0 Å². The van der Waals surface area contributed by atoms with E-state index in [2.05, 4.69) is 4.98 Å². The van der Waals surface area contributed by atoms with Gasteiger partial charge in [0.1, 0.15) is 5.41 Å². The van der Waals surface area contributed by atoms with Crippen molar-refractivity contribution in [3.05, 3.63) is 42.2 Å². The summed E-state index contributed by atoms with van der Waals surface area (Å²) in [6.45, 7) is 3.65. The average molecular weight is 229 g/mol. The molecular formula is C14H15NO2. The minimum absolute atomic E-state index is 0.277. The lowest BCUT2D eigenvalue weighted by atomic mass is 9.86. The number of pyridine rings is 1. The molecule has 0 aliphatic heterocycles. The maximum Gasteiger partial charge on any atom is 0.317 e. The highest BCUT2D eigenvalue weighted by atomic mass is 16.5. The fourth-order valence-corrected chi connectivity index (χ4v) is 1.97. The van der Waals surface area contributed by atoms with Crippen molar-refractivity contribution in [1.29, 1.82) is 0 Å². The molecule has 1 aromatic heterocycles. The van der Waals surface area contributed by atoms with E-state index in [-0.39, 0.29) is 5.97 Å². The number of aromatic nitrogens is 1. The van der Waals surface area contributed by atoms with E-state index in [4.69, 9.17) is 4.74 Å². The van der Waals surface area contributed by atoms with Crippen molar-refractivity contribution in [2.24, 2.45) is 0 Å². The zero-order valence-electron chi connectivity index (χ0n) is 10.2. The van der Waals surface area contributed by atoms with Gasteiger partial charge in [-0.3, -0.25) is 9.78 Å². The lowest BCUT2D eigenvalue weighted by molar-refractivity contribution is -0.146. The SMILES string of the molecule is COC(=O)C(C)(C)c1nccc2ccccc12. The molecule has 0 unspecified atom stereocenters. The smallest absolute Gasteiger partial charge is 0.317 e. The van der Waals surface area contributed by atoms with Gasteiger partial charge in [-0.05, 0) is 25.3 Å². The number of nitrogens with zero attached hydrogens (tertiary/aromatic N) is 1. The largest absolute Gasteiger partial charge is 0.468 e. The van der Waals surface area contributed by atoms with Crippen LogP contribution in [0.4, 0.5) is 0 Å². The van der Waals surface area contributed by atoms with Gasteiger partial charge in [-0.1, -0.05) is 24.3 Å². The Morgan fingerprint density at radius 1 is 1.24 bits per heavy atom. The second-order valence-electron chi connectivity index (χ2n) is 4.50. The van der Waals surface area contributed by atoms with Gasteiger partial charge < -0.3 is 4.74 Å². The van der Waals surface area contributed by atoms with E-state index in [1.165, 1.54) is 7.11 Å². The van der Waals surface area contributed by atoms with Crippen LogP contribution in [0.15, 0.2) is 36.5 Å². The molecule has 2 rings (SSSR count). The molecule has 0 spiro atoms. The van der Waals surface area contributed by atoms with Crippen LogP contribution in [0, 0.1) is 0 Å². The second kappa shape index (κ2) is 4.17. The van der Waals surface area contributed by atoms with E-state index < -0.39 is 5.41 Å². The molecule has 1 heterocycles. The van der Waals surface area contributed by atoms with Gasteiger partial charge in [-0.2, -0.15) is 0 Å². The van der Waals surface area contributed by atoms with E-state index in [0.717, 1.165) is 16.5 Å². The van der Waals surface area contributed by atoms with Crippen LogP contribution in [0.25, 0.3) is 10.8 Å². The van der Waals surface area contributed by atoms with Crippen molar-refractivity contribution >= 4 is 16.7 Å². The molecule has 17 heavy (non-hydrogen) atoms. The van der Waals surface area contributed by atoms with Crippen molar-refractivity contribution in [2.75, 3.05) is 7.11 Å². The van der Waals surface area contributed by atoms with Crippen molar-refractivity contribution in [3.8, 4) is 0 Å². The Morgan fingerprint density at radius 3 is 2.65 bits per heavy atom. The number of carbonyl (C=O) groups is 1. The number of carbonyl (C=O) groups excluding carboxylic acids is 1. The van der Waals surface area contributed by atoms with E-state index >= 15 is 0 Å². The molecule has 0 saturated heterocycles. The highest BCUT2D eigenvalue weighted by molar-refractivity contribution is 5.91. The number of methoxy groups -OCH3 is 1. The number of hydrogen-bond donors (Lipinski definition) is 0. The summed E-state index contributed by atoms with van der Waals surface area (Å²) < 4.78 is 4.84. The Labute approximate surface area is 100 Å². The summed E-state index contributed by atoms with van der Waals surface area (Å²) in [6.07, 6.45) is 1.72. The average Bonchev–Trinajstić information content (AvgIpc) is 2.37. The molecule has 0 aliphatic carbocycles. The molecule has 3 nitrogen and oxygen atoms in total. The molecule has 0 atom stereocenters. The predicted molar refractivity (Wildman–Crippen MR) is 66.8 cm³/mol. The standard InChI is InChI=1S/C14H15NO2/c1-14(2,13(16)17-3)12-11-7-5-4-6-10(11)8-9-15-12/h4-9H,1-3H3. The first kappa shape index (κ1) is 11.6. The molecule has 88 valence electrons. The molecule has 2 aromatic rings. The molecule has 0 fully saturated rings. The Bertz CT molecular complexity index is 556. The molecule has 0 aliphatic rings. The summed E-state index contributed by atoms with van der Waals surface area (Å²) in [5.41, 5.74) is 0.0118. The van der Waals surface area contributed by atoms with Gasteiger partial charge in [0.05, 0.1) is 12.8 Å². The predicted octanol–water partition coefficient (Wildman–Crippen LogP) is 2.69. The minimum Gasteiger partial charge on any atom is -0.468 e. The van der Waals surface area contributed by atoms with Crippen LogP contribution in [-0.4, -0.2) is 18.1 Å². The number of benzene rings is 1. The quantitative estimate of drug-likeness (QED) is 0.743. The van der Waals surface area contributed by atoms with E-state index in [0.29, 0.717) is 0 Å². The van der Waals surface area contributed by atoms with Crippen molar-refractivity contribution in [1.82, 2.24) is 4.98 Å². The molecular weight excluding hydrogens is 214 g/mol. The first-order valence-corrected chi connectivity index (χ1v) is 5.50. The van der Waals surface area contributed by atoms with Crippen molar-refractivity contribution in [3.63, 3.8) is 0 Å². The fraction of sp³-hybridized carbons (Fsp3) is 0.286. The Morgan fingerprint density at radius 2 is 1.94 bits per heavy atom. The molecule has 0 amide bonds. The van der Waals surface area contributed by atoms with Crippen LogP contribution in [0.3, 0.4) is 0 Å². The molecule has 0 bridgehead atoms. The summed E-state index contributed by atoms with van der Waals surface area (Å²) in [4.78, 5) is 16.2. The number of ether oxygens (including phenoxy) is 1. The third kappa shape index (κ3) is 1.88. The maximum atomic E-state index is 11.8. The summed E-state index contributed by atoms with van der Waals surface area (Å²) in [5.74, 6) is -0.277. The highest BCUT2D eigenvalue weighted by Crippen LogP contribution is 2.29. The Balaban J connectivity index is 2.67. The summed E-state index contributed by atoms with van der Waals surface area (Å²) in [7, 11) is 1.40. The van der Waals surface area contributed by atoms with Crippen LogP contribution >= 0.6 is 0 Å². The molecule has 1 aromatic carbocycles. The van der Waals surface area contributed by atoms with Gasteiger partial charge in [0.15, 0.2) is 0 Å². The van der Waals surface area contributed by atoms with Crippen LogP contribution in [0.5, 0.6) is 0 Å². The van der Waals surface area contributed by atoms with Gasteiger partial charge >= 0.3 is 5.97 Å². The maximum absolute atomic E-state index is 11.8. The van der Waals surface area contributed by atoms with Gasteiger partial charge in [-0.25, -0.2) is 0 Å². The van der Waals surface area contributed by atoms with Gasteiger partial charge in [0.25, 0.3) is 0 Å². The van der Waals surface area contributed by atoms with Crippen LogP contribution < -0.4 is 0 Å². The first-order chi connectivity index (χ1) is 8.07. The number of hydrogen-bond acceptors (Lipinski definition) is 3. The zero-order chi connectivity index (χ0) is 12.5. The normalized spacial score (nSPS) is 11.5. The van der Waals surface area contributed by atoms with Gasteiger partial charge in [0, 0.05) is 11.6 Å². The minimum atomic E-state index is -0.740. The summed E-state index contributed by atoms with van der Waals surface area (Å²) in [6, 6.07) is 9.83. The number of rotatable bonds is 2. The fourth-order valence-electron chi connectivity index (χ4n) is 1.97. The Kier molecular flexibility index (Phi) is 2.84. The van der Waals surface area contributed by atoms with Crippen molar-refractivity contribution < 1.29 is 9.53 Å². The van der Waals surface area contributed by atoms with Crippen molar-refractivity contribution in [2.45, 2.75) is 19.3 Å². The summed E-state index contributed by atoms with van der Waals surface area (Å²) >= 11 is 0.